The van der Waals surface area contributed by atoms with Crippen LogP contribution in [0.2, 0.25) is 0 Å². The van der Waals surface area contributed by atoms with Gasteiger partial charge in [-0.2, -0.15) is 5.10 Å². The number of ketones is 1. The van der Waals surface area contributed by atoms with Crippen LogP contribution in [0.3, 0.4) is 0 Å². The Morgan fingerprint density at radius 2 is 1.89 bits per heavy atom. The van der Waals surface area contributed by atoms with Crippen molar-refractivity contribution in [1.29, 1.82) is 0 Å². The van der Waals surface area contributed by atoms with Crippen LogP contribution in [0.4, 0.5) is 5.82 Å². The van der Waals surface area contributed by atoms with Crippen molar-refractivity contribution in [3.63, 3.8) is 0 Å². The lowest BCUT2D eigenvalue weighted by Gasteiger charge is -2.06. The summed E-state index contributed by atoms with van der Waals surface area (Å²) in [6, 6.07) is 7.22. The van der Waals surface area contributed by atoms with Gasteiger partial charge in [0.15, 0.2) is 5.78 Å². The monoisotopic (exact) mass is 265 g/mol. The van der Waals surface area contributed by atoms with Crippen LogP contribution >= 0.6 is 0 Å². The number of aromatic amines is 1. The van der Waals surface area contributed by atoms with Crippen molar-refractivity contribution in [3.05, 3.63) is 42.1 Å². The third-order valence-corrected chi connectivity index (χ3v) is 3.70. The fourth-order valence-corrected chi connectivity index (χ4v) is 2.40. The number of rotatable bonds is 4. The number of H-pyrrole nitrogens is 1. The largest absolute Gasteiger partial charge is 0.295 e. The van der Waals surface area contributed by atoms with Crippen LogP contribution < -0.4 is 4.72 Å². The molecule has 94 valence electrons. The summed E-state index contributed by atoms with van der Waals surface area (Å²) >= 11 is 0. The fourth-order valence-electron chi connectivity index (χ4n) is 1.39. The molecule has 1 aromatic heterocycles. The molecule has 0 aliphatic heterocycles. The zero-order valence-corrected chi connectivity index (χ0v) is 10.4. The van der Waals surface area contributed by atoms with E-state index in [1.165, 1.54) is 43.5 Å². The van der Waals surface area contributed by atoms with E-state index in [2.05, 4.69) is 14.9 Å². The van der Waals surface area contributed by atoms with Crippen LogP contribution in [0.1, 0.15) is 17.3 Å². The Hall–Kier alpha value is -2.15. The molecule has 7 heteroatoms. The molecule has 0 amide bonds. The van der Waals surface area contributed by atoms with E-state index in [0.717, 1.165) is 0 Å². The molecule has 2 aromatic rings. The summed E-state index contributed by atoms with van der Waals surface area (Å²) in [4.78, 5) is 11.2. The molecule has 0 saturated heterocycles. The molecule has 0 aliphatic carbocycles. The molecule has 0 bridgehead atoms. The second-order valence-electron chi connectivity index (χ2n) is 3.66. The molecule has 0 aliphatic rings. The summed E-state index contributed by atoms with van der Waals surface area (Å²) in [7, 11) is -3.66. The van der Waals surface area contributed by atoms with Gasteiger partial charge in [-0.05, 0) is 19.1 Å². The summed E-state index contributed by atoms with van der Waals surface area (Å²) in [5, 5.41) is 6.14. The summed E-state index contributed by atoms with van der Waals surface area (Å²) in [6.45, 7) is 1.42. The number of hydrogen-bond acceptors (Lipinski definition) is 4. The number of aromatic nitrogens is 2. The standard InChI is InChI=1S/C11H11N3O3S/c1-8(15)9-2-4-10(5-3-9)18(16,17)14-11-6-7-12-13-11/h2-7H,1H3,(H2,12,13,14). The van der Waals surface area contributed by atoms with Crippen molar-refractivity contribution in [2.75, 3.05) is 4.72 Å². The molecule has 0 atom stereocenters. The third-order valence-electron chi connectivity index (χ3n) is 2.32. The minimum atomic E-state index is -3.66. The Morgan fingerprint density at radius 1 is 1.22 bits per heavy atom. The number of sulfonamides is 1. The number of carbonyl (C=O) groups is 1. The highest BCUT2D eigenvalue weighted by Gasteiger charge is 2.14. The van der Waals surface area contributed by atoms with Gasteiger partial charge in [0.1, 0.15) is 5.82 Å². The molecule has 0 spiro atoms. The van der Waals surface area contributed by atoms with Gasteiger partial charge in [0, 0.05) is 11.6 Å². The first-order valence-electron chi connectivity index (χ1n) is 5.12. The molecule has 18 heavy (non-hydrogen) atoms. The van der Waals surface area contributed by atoms with Gasteiger partial charge < -0.3 is 0 Å². The zero-order chi connectivity index (χ0) is 13.2. The summed E-state index contributed by atoms with van der Waals surface area (Å²) in [5.74, 6) is 0.172. The summed E-state index contributed by atoms with van der Waals surface area (Å²) < 4.78 is 26.2. The predicted octanol–water partition coefficient (Wildman–Crippen LogP) is 1.41. The zero-order valence-electron chi connectivity index (χ0n) is 9.54. The Bertz CT molecular complexity index is 645. The van der Waals surface area contributed by atoms with E-state index < -0.39 is 10.0 Å². The lowest BCUT2D eigenvalue weighted by molar-refractivity contribution is 0.101. The molecule has 0 unspecified atom stereocenters. The Labute approximate surface area is 104 Å². The van der Waals surface area contributed by atoms with E-state index >= 15 is 0 Å². The number of nitrogens with zero attached hydrogens (tertiary/aromatic N) is 1. The highest BCUT2D eigenvalue weighted by molar-refractivity contribution is 7.92. The molecule has 6 nitrogen and oxygen atoms in total. The first-order chi connectivity index (χ1) is 8.49. The van der Waals surface area contributed by atoms with E-state index in [1.807, 2.05) is 0 Å². The molecular weight excluding hydrogens is 254 g/mol. The Morgan fingerprint density at radius 3 is 2.39 bits per heavy atom. The van der Waals surface area contributed by atoms with Crippen molar-refractivity contribution in [1.82, 2.24) is 10.2 Å². The third kappa shape index (κ3) is 2.57. The maximum atomic E-state index is 11.9. The Balaban J connectivity index is 2.27. The number of nitrogens with one attached hydrogen (secondary N) is 2. The number of carbonyl (C=O) groups excluding carboxylic acids is 1. The molecule has 0 radical (unpaired) electrons. The van der Waals surface area contributed by atoms with E-state index in [4.69, 9.17) is 0 Å². The first kappa shape index (κ1) is 12.3. The summed E-state index contributed by atoms with van der Waals surface area (Å²) in [6.07, 6.45) is 1.44. The highest BCUT2D eigenvalue weighted by Crippen LogP contribution is 2.14. The van der Waals surface area contributed by atoms with Crippen molar-refractivity contribution in [3.8, 4) is 0 Å². The van der Waals surface area contributed by atoms with E-state index in [0.29, 0.717) is 5.56 Å². The molecule has 0 saturated carbocycles. The van der Waals surface area contributed by atoms with Crippen LogP contribution in [0.15, 0.2) is 41.4 Å². The molecule has 2 rings (SSSR count). The SMILES string of the molecule is CC(=O)c1ccc(S(=O)(=O)Nc2ccn[nH]2)cc1. The Kier molecular flexibility index (Phi) is 3.15. The maximum Gasteiger partial charge on any atom is 0.263 e. The van der Waals surface area contributed by atoms with Crippen molar-refractivity contribution >= 4 is 21.6 Å². The van der Waals surface area contributed by atoms with Gasteiger partial charge in [0.25, 0.3) is 10.0 Å². The second kappa shape index (κ2) is 4.61. The minimum Gasteiger partial charge on any atom is -0.295 e. The van der Waals surface area contributed by atoms with Gasteiger partial charge in [0.05, 0.1) is 11.1 Å². The van der Waals surface area contributed by atoms with Crippen LogP contribution in [-0.2, 0) is 10.0 Å². The minimum absolute atomic E-state index is 0.0853. The van der Waals surface area contributed by atoms with E-state index in [1.54, 1.807) is 0 Å². The molecule has 2 N–H and O–H groups in total. The van der Waals surface area contributed by atoms with Crippen LogP contribution in [0.25, 0.3) is 0 Å². The van der Waals surface area contributed by atoms with E-state index in [-0.39, 0.29) is 16.5 Å². The second-order valence-corrected chi connectivity index (χ2v) is 5.34. The van der Waals surface area contributed by atoms with Crippen LogP contribution in [0.5, 0.6) is 0 Å². The van der Waals surface area contributed by atoms with Crippen LogP contribution in [0, 0.1) is 0 Å². The summed E-state index contributed by atoms with van der Waals surface area (Å²) in [5.41, 5.74) is 0.468. The van der Waals surface area contributed by atoms with Gasteiger partial charge in [-0.25, -0.2) is 8.42 Å². The normalized spacial score (nSPS) is 11.2. The van der Waals surface area contributed by atoms with Gasteiger partial charge >= 0.3 is 0 Å². The van der Waals surface area contributed by atoms with E-state index in [9.17, 15) is 13.2 Å². The van der Waals surface area contributed by atoms with Gasteiger partial charge in [-0.3, -0.25) is 14.6 Å². The van der Waals surface area contributed by atoms with Crippen LogP contribution in [-0.4, -0.2) is 24.4 Å². The lowest BCUT2D eigenvalue weighted by atomic mass is 10.2. The molecule has 1 aromatic carbocycles. The smallest absolute Gasteiger partial charge is 0.263 e. The number of Topliss-reactive ketones (excluding diaryl/α,β-unsaturated/α-hetero) is 1. The number of benzene rings is 1. The number of hydrogen-bond donors (Lipinski definition) is 2. The van der Waals surface area contributed by atoms with Gasteiger partial charge in [0.2, 0.25) is 0 Å². The molecule has 0 fully saturated rings. The average molecular weight is 265 g/mol. The lowest BCUT2D eigenvalue weighted by Crippen LogP contribution is -2.13. The van der Waals surface area contributed by atoms with Crippen molar-refractivity contribution in [2.24, 2.45) is 0 Å². The van der Waals surface area contributed by atoms with Gasteiger partial charge in [-0.15, -0.1) is 0 Å². The van der Waals surface area contributed by atoms with Gasteiger partial charge in [-0.1, -0.05) is 12.1 Å². The predicted molar refractivity (Wildman–Crippen MR) is 65.8 cm³/mol. The highest BCUT2D eigenvalue weighted by atomic mass is 32.2. The topological polar surface area (TPSA) is 91.9 Å². The maximum absolute atomic E-state index is 11.9. The number of anilines is 1. The van der Waals surface area contributed by atoms with Crippen molar-refractivity contribution in [2.45, 2.75) is 11.8 Å². The fraction of sp³-hybridized carbons (Fsp3) is 0.0909. The quantitative estimate of drug-likeness (QED) is 0.817. The molecule has 1 heterocycles. The van der Waals surface area contributed by atoms with Crippen molar-refractivity contribution < 1.29 is 13.2 Å². The first-order valence-corrected chi connectivity index (χ1v) is 6.60. The molecular formula is C11H11N3O3S. The average Bonchev–Trinajstić information content (AvgIpc) is 2.81.